The summed E-state index contributed by atoms with van der Waals surface area (Å²) in [5.41, 5.74) is 1.52. The summed E-state index contributed by atoms with van der Waals surface area (Å²) in [6.45, 7) is -0.233. The summed E-state index contributed by atoms with van der Waals surface area (Å²) in [6.07, 6.45) is 0. The Hall–Kier alpha value is -4.40. The zero-order valence-corrected chi connectivity index (χ0v) is 19.2. The fourth-order valence-electron chi connectivity index (χ4n) is 3.62. The molecule has 174 valence electrons. The standard InChI is InChI=1S/C25H23N3O6/c1-27-16(12-23(29)28(2)25(27)31)14-34-24(30)18-13-20(26-19-8-6-5-7-17(18)19)15-9-10-21(32-3)22(11-15)33-4/h5-13H,14H2,1-4H3. The van der Waals surface area contributed by atoms with E-state index >= 15 is 0 Å². The number of hydrogen-bond donors (Lipinski definition) is 0. The number of ether oxygens (including phenoxy) is 3. The Morgan fingerprint density at radius 2 is 1.65 bits per heavy atom. The summed E-state index contributed by atoms with van der Waals surface area (Å²) >= 11 is 0. The monoisotopic (exact) mass is 461 g/mol. The number of para-hydroxylation sites is 1. The van der Waals surface area contributed by atoms with Crippen LogP contribution < -0.4 is 20.7 Å². The highest BCUT2D eigenvalue weighted by Crippen LogP contribution is 2.33. The maximum absolute atomic E-state index is 13.1. The Bertz CT molecular complexity index is 1520. The number of esters is 1. The second kappa shape index (κ2) is 9.22. The van der Waals surface area contributed by atoms with Crippen molar-refractivity contribution in [3.8, 4) is 22.8 Å². The molecule has 2 aromatic carbocycles. The predicted molar refractivity (Wildman–Crippen MR) is 126 cm³/mol. The molecule has 0 amide bonds. The van der Waals surface area contributed by atoms with Gasteiger partial charge in [0.2, 0.25) is 0 Å². The van der Waals surface area contributed by atoms with Gasteiger partial charge in [-0.2, -0.15) is 0 Å². The quantitative estimate of drug-likeness (QED) is 0.407. The molecule has 0 fully saturated rings. The molecule has 4 rings (SSSR count). The fraction of sp³-hybridized carbons (Fsp3) is 0.200. The van der Waals surface area contributed by atoms with Gasteiger partial charge in [-0.3, -0.25) is 13.9 Å². The van der Waals surface area contributed by atoms with Gasteiger partial charge in [0.25, 0.3) is 5.56 Å². The average molecular weight is 461 g/mol. The first-order valence-corrected chi connectivity index (χ1v) is 10.4. The molecule has 0 radical (unpaired) electrons. The Morgan fingerprint density at radius 3 is 2.38 bits per heavy atom. The number of rotatable bonds is 6. The molecule has 0 aliphatic carbocycles. The first-order chi connectivity index (χ1) is 16.3. The number of pyridine rings is 1. The zero-order chi connectivity index (χ0) is 24.4. The summed E-state index contributed by atoms with van der Waals surface area (Å²) in [4.78, 5) is 42.0. The van der Waals surface area contributed by atoms with E-state index in [1.54, 1.807) is 44.6 Å². The van der Waals surface area contributed by atoms with Crippen LogP contribution in [0.25, 0.3) is 22.2 Å². The number of hydrogen-bond acceptors (Lipinski definition) is 7. The zero-order valence-electron chi connectivity index (χ0n) is 19.2. The number of aromatic nitrogens is 3. The molecule has 0 spiro atoms. The molecule has 0 aliphatic heterocycles. The van der Waals surface area contributed by atoms with E-state index in [0.29, 0.717) is 39.4 Å². The first kappa shape index (κ1) is 22.8. The lowest BCUT2D eigenvalue weighted by Gasteiger charge is -2.13. The van der Waals surface area contributed by atoms with Crippen LogP contribution in [0, 0.1) is 0 Å². The third-order valence-electron chi connectivity index (χ3n) is 5.59. The van der Waals surface area contributed by atoms with Gasteiger partial charge in [0.1, 0.15) is 6.61 Å². The number of carbonyl (C=O) groups excluding carboxylic acids is 1. The van der Waals surface area contributed by atoms with Crippen LogP contribution in [0.5, 0.6) is 11.5 Å². The molecule has 0 aliphatic rings. The molecule has 4 aromatic rings. The molecular weight excluding hydrogens is 438 g/mol. The van der Waals surface area contributed by atoms with Gasteiger partial charge in [0.05, 0.1) is 36.7 Å². The van der Waals surface area contributed by atoms with E-state index in [2.05, 4.69) is 0 Å². The number of nitrogens with zero attached hydrogens (tertiary/aromatic N) is 3. The summed E-state index contributed by atoms with van der Waals surface area (Å²) in [6, 6.07) is 15.5. The minimum absolute atomic E-state index is 0.233. The van der Waals surface area contributed by atoms with Crippen LogP contribution in [0.3, 0.4) is 0 Å². The smallest absolute Gasteiger partial charge is 0.339 e. The SMILES string of the molecule is COc1ccc(-c2cc(C(=O)OCc3cc(=O)n(C)c(=O)n3C)c3ccccc3n2)cc1OC. The normalized spacial score (nSPS) is 10.8. The molecule has 0 unspecified atom stereocenters. The highest BCUT2D eigenvalue weighted by atomic mass is 16.5. The van der Waals surface area contributed by atoms with E-state index in [1.165, 1.54) is 24.7 Å². The van der Waals surface area contributed by atoms with E-state index in [0.717, 1.165) is 10.1 Å². The Balaban J connectivity index is 1.73. The molecule has 0 atom stereocenters. The number of methoxy groups -OCH3 is 2. The highest BCUT2D eigenvalue weighted by Gasteiger charge is 2.17. The average Bonchev–Trinajstić information content (AvgIpc) is 2.87. The van der Waals surface area contributed by atoms with Crippen molar-refractivity contribution < 1.29 is 19.0 Å². The third kappa shape index (κ3) is 4.15. The van der Waals surface area contributed by atoms with Crippen LogP contribution in [0.15, 0.2) is 64.2 Å². The molecule has 9 nitrogen and oxygen atoms in total. The Kier molecular flexibility index (Phi) is 6.18. The second-order valence-electron chi connectivity index (χ2n) is 7.59. The van der Waals surface area contributed by atoms with Gasteiger partial charge in [0, 0.05) is 31.1 Å². The fourth-order valence-corrected chi connectivity index (χ4v) is 3.62. The Morgan fingerprint density at radius 1 is 0.912 bits per heavy atom. The minimum Gasteiger partial charge on any atom is -0.493 e. The van der Waals surface area contributed by atoms with Crippen LogP contribution in [0.4, 0.5) is 0 Å². The van der Waals surface area contributed by atoms with Gasteiger partial charge >= 0.3 is 11.7 Å². The van der Waals surface area contributed by atoms with Crippen molar-refractivity contribution in [2.45, 2.75) is 6.61 Å². The highest BCUT2D eigenvalue weighted by molar-refractivity contribution is 6.04. The van der Waals surface area contributed by atoms with E-state index in [1.807, 2.05) is 18.2 Å². The summed E-state index contributed by atoms with van der Waals surface area (Å²) in [7, 11) is 6.00. The van der Waals surface area contributed by atoms with Crippen molar-refractivity contribution in [3.05, 3.63) is 86.7 Å². The lowest BCUT2D eigenvalue weighted by molar-refractivity contribution is 0.0465. The second-order valence-corrected chi connectivity index (χ2v) is 7.59. The molecule has 0 bridgehead atoms. The predicted octanol–water partition coefficient (Wildman–Crippen LogP) is 2.67. The number of fused-ring (bicyclic) bond motifs is 1. The van der Waals surface area contributed by atoms with Crippen molar-refractivity contribution in [1.82, 2.24) is 14.1 Å². The van der Waals surface area contributed by atoms with Gasteiger partial charge in [-0.05, 0) is 30.3 Å². The van der Waals surface area contributed by atoms with Crippen molar-refractivity contribution in [2.75, 3.05) is 14.2 Å². The molecule has 34 heavy (non-hydrogen) atoms. The van der Waals surface area contributed by atoms with Crippen molar-refractivity contribution >= 4 is 16.9 Å². The van der Waals surface area contributed by atoms with Crippen LogP contribution >= 0.6 is 0 Å². The van der Waals surface area contributed by atoms with Crippen LogP contribution in [-0.2, 0) is 25.4 Å². The Labute approximate surface area is 194 Å². The third-order valence-corrected chi connectivity index (χ3v) is 5.59. The maximum Gasteiger partial charge on any atom is 0.339 e. The molecule has 0 saturated heterocycles. The van der Waals surface area contributed by atoms with Crippen molar-refractivity contribution in [3.63, 3.8) is 0 Å². The molecule has 2 heterocycles. The van der Waals surface area contributed by atoms with Crippen LogP contribution in [0.1, 0.15) is 16.1 Å². The first-order valence-electron chi connectivity index (χ1n) is 10.4. The number of benzene rings is 2. The minimum atomic E-state index is -0.603. The lowest BCUT2D eigenvalue weighted by atomic mass is 10.0. The van der Waals surface area contributed by atoms with Gasteiger partial charge in [-0.1, -0.05) is 18.2 Å². The van der Waals surface area contributed by atoms with Gasteiger partial charge in [-0.25, -0.2) is 14.6 Å². The summed E-state index contributed by atoms with van der Waals surface area (Å²) < 4.78 is 18.5. The maximum atomic E-state index is 13.1. The van der Waals surface area contributed by atoms with Crippen LogP contribution in [0.2, 0.25) is 0 Å². The molecule has 0 N–H and O–H groups in total. The van der Waals surface area contributed by atoms with Crippen LogP contribution in [-0.4, -0.2) is 34.3 Å². The largest absolute Gasteiger partial charge is 0.493 e. The van der Waals surface area contributed by atoms with E-state index in [9.17, 15) is 14.4 Å². The van der Waals surface area contributed by atoms with Crippen molar-refractivity contribution in [2.24, 2.45) is 14.1 Å². The molecule has 2 aromatic heterocycles. The van der Waals surface area contributed by atoms with Gasteiger partial charge in [0.15, 0.2) is 11.5 Å². The van der Waals surface area contributed by atoms with Gasteiger partial charge < -0.3 is 14.2 Å². The number of carbonyl (C=O) groups is 1. The van der Waals surface area contributed by atoms with Crippen molar-refractivity contribution in [1.29, 1.82) is 0 Å². The molecule has 9 heteroatoms. The topological polar surface area (TPSA) is 102 Å². The molecular formula is C25H23N3O6. The molecule has 0 saturated carbocycles. The lowest BCUT2D eigenvalue weighted by Crippen LogP contribution is -2.38. The van der Waals surface area contributed by atoms with E-state index in [4.69, 9.17) is 19.2 Å². The van der Waals surface area contributed by atoms with E-state index in [-0.39, 0.29) is 6.61 Å². The van der Waals surface area contributed by atoms with Gasteiger partial charge in [-0.15, -0.1) is 0 Å². The van der Waals surface area contributed by atoms with E-state index < -0.39 is 17.2 Å². The summed E-state index contributed by atoms with van der Waals surface area (Å²) in [5.74, 6) is 0.505. The summed E-state index contributed by atoms with van der Waals surface area (Å²) in [5, 5.41) is 0.620.